The Kier molecular flexibility index (Phi) is 7.50. The van der Waals surface area contributed by atoms with Crippen LogP contribution in [0.3, 0.4) is 0 Å². The second-order valence-corrected chi connectivity index (χ2v) is 9.80. The lowest BCUT2D eigenvalue weighted by molar-refractivity contribution is -0.131. The van der Waals surface area contributed by atoms with E-state index in [0.29, 0.717) is 29.7 Å². The number of halogens is 2. The van der Waals surface area contributed by atoms with Crippen molar-refractivity contribution in [3.05, 3.63) is 95.1 Å². The lowest BCUT2D eigenvalue weighted by atomic mass is 9.77. The SMILES string of the molecule is O=C1C(CCC(O)c2ccc(F)cc2)C(c2ccc(CN3CCNCC3)cc2O)N1c1ccc(F)cc1. The van der Waals surface area contributed by atoms with E-state index in [4.69, 9.17) is 0 Å². The van der Waals surface area contributed by atoms with Gasteiger partial charge in [-0.05, 0) is 66.4 Å². The molecule has 5 rings (SSSR count). The molecule has 2 fully saturated rings. The summed E-state index contributed by atoms with van der Waals surface area (Å²) >= 11 is 0. The van der Waals surface area contributed by atoms with Crippen LogP contribution in [0.1, 0.15) is 41.7 Å². The van der Waals surface area contributed by atoms with Crippen LogP contribution < -0.4 is 10.2 Å². The Balaban J connectivity index is 1.37. The summed E-state index contributed by atoms with van der Waals surface area (Å²) in [5.41, 5.74) is 2.75. The minimum atomic E-state index is -0.844. The molecular weight excluding hydrogens is 476 g/mol. The largest absolute Gasteiger partial charge is 0.508 e. The average molecular weight is 508 g/mol. The van der Waals surface area contributed by atoms with Gasteiger partial charge in [0.1, 0.15) is 17.4 Å². The van der Waals surface area contributed by atoms with Crippen LogP contribution in [0.15, 0.2) is 66.7 Å². The number of phenolic OH excluding ortho intramolecular Hbond substituents is 1. The molecule has 3 N–H and O–H groups in total. The number of hydrogen-bond donors (Lipinski definition) is 3. The van der Waals surface area contributed by atoms with Crippen molar-refractivity contribution in [3.8, 4) is 5.75 Å². The smallest absolute Gasteiger partial charge is 0.233 e. The first kappa shape index (κ1) is 25.3. The Labute approximate surface area is 215 Å². The van der Waals surface area contributed by atoms with Crippen molar-refractivity contribution >= 4 is 11.6 Å². The Hall–Kier alpha value is -3.33. The fourth-order valence-corrected chi connectivity index (χ4v) is 5.33. The van der Waals surface area contributed by atoms with E-state index in [1.165, 1.54) is 36.4 Å². The van der Waals surface area contributed by atoms with Crippen LogP contribution in [0, 0.1) is 17.6 Å². The van der Waals surface area contributed by atoms with E-state index in [1.54, 1.807) is 23.1 Å². The van der Waals surface area contributed by atoms with Gasteiger partial charge in [-0.15, -0.1) is 0 Å². The average Bonchev–Trinajstić information content (AvgIpc) is 2.90. The quantitative estimate of drug-likeness (QED) is 0.397. The van der Waals surface area contributed by atoms with Crippen molar-refractivity contribution in [2.75, 3.05) is 31.1 Å². The number of β-lactam (4-membered cyclic amide) rings is 1. The number of amides is 1. The number of aromatic hydroxyl groups is 1. The van der Waals surface area contributed by atoms with Gasteiger partial charge in [-0.3, -0.25) is 9.69 Å². The summed E-state index contributed by atoms with van der Waals surface area (Å²) in [7, 11) is 0. The van der Waals surface area contributed by atoms with Gasteiger partial charge in [0.05, 0.1) is 18.1 Å². The normalized spacial score (nSPS) is 21.1. The minimum Gasteiger partial charge on any atom is -0.508 e. The number of aliphatic hydroxyl groups excluding tert-OH is 1. The molecule has 2 saturated heterocycles. The van der Waals surface area contributed by atoms with Crippen LogP contribution in [-0.4, -0.2) is 47.2 Å². The summed E-state index contributed by atoms with van der Waals surface area (Å²) < 4.78 is 26.8. The number of aliphatic hydroxyl groups is 1. The summed E-state index contributed by atoms with van der Waals surface area (Å²) in [6.45, 7) is 4.49. The fraction of sp³-hybridized carbons (Fsp3) is 0.345. The monoisotopic (exact) mass is 507 g/mol. The van der Waals surface area contributed by atoms with Gasteiger partial charge in [-0.2, -0.15) is 0 Å². The lowest BCUT2D eigenvalue weighted by Gasteiger charge is -2.48. The molecule has 0 aliphatic carbocycles. The zero-order valence-corrected chi connectivity index (χ0v) is 20.5. The van der Waals surface area contributed by atoms with E-state index in [2.05, 4.69) is 10.2 Å². The Morgan fingerprint density at radius 2 is 1.59 bits per heavy atom. The van der Waals surface area contributed by atoms with Crippen molar-refractivity contribution in [1.82, 2.24) is 10.2 Å². The maximum Gasteiger partial charge on any atom is 0.233 e. The first-order valence-corrected chi connectivity index (χ1v) is 12.7. The Morgan fingerprint density at radius 3 is 2.24 bits per heavy atom. The number of rotatable bonds is 8. The van der Waals surface area contributed by atoms with Crippen LogP contribution in [0.2, 0.25) is 0 Å². The topological polar surface area (TPSA) is 76.0 Å². The fourth-order valence-electron chi connectivity index (χ4n) is 5.33. The van der Waals surface area contributed by atoms with Gasteiger partial charge in [0.15, 0.2) is 0 Å². The third kappa shape index (κ3) is 5.51. The number of nitrogens with zero attached hydrogens (tertiary/aromatic N) is 2. The second-order valence-electron chi connectivity index (χ2n) is 9.80. The van der Waals surface area contributed by atoms with Crippen molar-refractivity contribution in [2.45, 2.75) is 31.5 Å². The summed E-state index contributed by atoms with van der Waals surface area (Å²) in [5.74, 6) is -1.28. The third-order valence-electron chi connectivity index (χ3n) is 7.35. The van der Waals surface area contributed by atoms with Crippen LogP contribution in [0.5, 0.6) is 5.75 Å². The molecular formula is C29H31F2N3O3. The first-order valence-electron chi connectivity index (χ1n) is 12.7. The van der Waals surface area contributed by atoms with E-state index < -0.39 is 23.9 Å². The molecule has 3 aromatic carbocycles. The van der Waals surface area contributed by atoms with Gasteiger partial charge in [0, 0.05) is 44.0 Å². The zero-order chi connectivity index (χ0) is 25.9. The molecule has 0 bridgehead atoms. The second kappa shape index (κ2) is 11.0. The molecule has 0 saturated carbocycles. The maximum atomic E-state index is 13.6. The third-order valence-corrected chi connectivity index (χ3v) is 7.35. The lowest BCUT2D eigenvalue weighted by Crippen LogP contribution is -2.55. The molecule has 1 amide bonds. The molecule has 0 radical (unpaired) electrons. The summed E-state index contributed by atoms with van der Waals surface area (Å²) in [6, 6.07) is 16.5. The van der Waals surface area contributed by atoms with Crippen molar-refractivity contribution in [3.63, 3.8) is 0 Å². The molecule has 3 atom stereocenters. The highest BCUT2D eigenvalue weighted by molar-refractivity contribution is 6.03. The predicted octanol–water partition coefficient (Wildman–Crippen LogP) is 4.29. The molecule has 3 unspecified atom stereocenters. The van der Waals surface area contributed by atoms with E-state index >= 15 is 0 Å². The first-order chi connectivity index (χ1) is 17.9. The number of phenols is 1. The van der Waals surface area contributed by atoms with E-state index in [-0.39, 0.29) is 17.5 Å². The van der Waals surface area contributed by atoms with Crippen molar-refractivity contribution in [1.29, 1.82) is 0 Å². The van der Waals surface area contributed by atoms with Crippen molar-refractivity contribution < 1.29 is 23.8 Å². The van der Waals surface area contributed by atoms with Gasteiger partial charge < -0.3 is 20.4 Å². The molecule has 0 spiro atoms. The van der Waals surface area contributed by atoms with Crippen molar-refractivity contribution in [2.24, 2.45) is 5.92 Å². The predicted molar refractivity (Wildman–Crippen MR) is 137 cm³/mol. The van der Waals surface area contributed by atoms with Gasteiger partial charge in [-0.1, -0.05) is 24.3 Å². The number of nitrogens with one attached hydrogen (secondary N) is 1. The van der Waals surface area contributed by atoms with Gasteiger partial charge >= 0.3 is 0 Å². The zero-order valence-electron chi connectivity index (χ0n) is 20.5. The molecule has 0 aromatic heterocycles. The number of benzene rings is 3. The van der Waals surface area contributed by atoms with Crippen LogP contribution in [0.4, 0.5) is 14.5 Å². The highest BCUT2D eigenvalue weighted by atomic mass is 19.1. The van der Waals surface area contributed by atoms with E-state index in [1.807, 2.05) is 12.1 Å². The number of piperazine rings is 1. The van der Waals surface area contributed by atoms with E-state index in [0.717, 1.165) is 38.3 Å². The van der Waals surface area contributed by atoms with Crippen LogP contribution in [0.25, 0.3) is 0 Å². The van der Waals surface area contributed by atoms with Crippen LogP contribution in [-0.2, 0) is 11.3 Å². The molecule has 2 aliphatic heterocycles. The molecule has 37 heavy (non-hydrogen) atoms. The van der Waals surface area contributed by atoms with Gasteiger partial charge in [-0.25, -0.2) is 8.78 Å². The summed E-state index contributed by atoms with van der Waals surface area (Å²) in [6.07, 6.45) is -0.164. The Bertz CT molecular complexity index is 1230. The summed E-state index contributed by atoms with van der Waals surface area (Å²) in [5, 5.41) is 25.0. The molecule has 2 heterocycles. The summed E-state index contributed by atoms with van der Waals surface area (Å²) in [4.78, 5) is 17.2. The highest BCUT2D eigenvalue weighted by Gasteiger charge is 2.49. The van der Waals surface area contributed by atoms with Crippen LogP contribution >= 0.6 is 0 Å². The minimum absolute atomic E-state index is 0.112. The molecule has 3 aromatic rings. The number of carbonyl (C=O) groups is 1. The molecule has 8 heteroatoms. The van der Waals surface area contributed by atoms with Gasteiger partial charge in [0.2, 0.25) is 5.91 Å². The standard InChI is InChI=1S/C29H31F2N3O3/c30-21-4-2-20(3-5-21)26(35)12-11-25-28(34(29(25)37)23-8-6-22(31)7-9-23)24-10-1-19(17-27(24)36)18-33-15-13-32-14-16-33/h1-10,17,25-26,28,32,35-36H,11-16,18H2. The molecule has 194 valence electrons. The maximum absolute atomic E-state index is 13.6. The molecule has 6 nitrogen and oxygen atoms in total. The number of anilines is 1. The number of carbonyl (C=O) groups excluding carboxylic acids is 1. The van der Waals surface area contributed by atoms with Gasteiger partial charge in [0.25, 0.3) is 0 Å². The number of hydrogen-bond acceptors (Lipinski definition) is 5. The highest BCUT2D eigenvalue weighted by Crippen LogP contribution is 2.48. The van der Waals surface area contributed by atoms with E-state index in [9.17, 15) is 23.8 Å². The molecule has 2 aliphatic rings. The Morgan fingerprint density at radius 1 is 0.946 bits per heavy atom.